The van der Waals surface area contributed by atoms with E-state index in [2.05, 4.69) is 16.5 Å². The first-order valence-electron chi connectivity index (χ1n) is 6.99. The Kier molecular flexibility index (Phi) is 4.21. The normalized spacial score (nSPS) is 27.0. The molecule has 0 aliphatic heterocycles. The number of hydrogen-bond donors (Lipinski definition) is 1. The van der Waals surface area contributed by atoms with Crippen molar-refractivity contribution in [3.63, 3.8) is 0 Å². The first-order valence-corrected chi connectivity index (χ1v) is 6.99. The molecule has 0 unspecified atom stereocenters. The molecule has 1 aliphatic rings. The fourth-order valence-electron chi connectivity index (χ4n) is 3.09. The molecular formula is C14H25N3. The summed E-state index contributed by atoms with van der Waals surface area (Å²) in [6.07, 6.45) is 11.9. The summed E-state index contributed by atoms with van der Waals surface area (Å²) in [6, 6.07) is 0.720. The van der Waals surface area contributed by atoms with Crippen molar-refractivity contribution in [2.75, 3.05) is 0 Å². The van der Waals surface area contributed by atoms with Crippen molar-refractivity contribution in [3.8, 4) is 0 Å². The van der Waals surface area contributed by atoms with Crippen LogP contribution in [0.2, 0.25) is 0 Å². The van der Waals surface area contributed by atoms with Crippen LogP contribution in [-0.2, 0) is 0 Å². The molecule has 0 saturated heterocycles. The van der Waals surface area contributed by atoms with Crippen molar-refractivity contribution in [2.45, 2.75) is 64.5 Å². The predicted molar refractivity (Wildman–Crippen MR) is 70.7 cm³/mol. The average Bonchev–Trinajstić information content (AvgIpc) is 2.79. The molecule has 0 aromatic carbocycles. The number of aromatic nitrogens is 2. The molecule has 2 rings (SSSR count). The Hall–Kier alpha value is -0.830. The molecule has 1 aliphatic carbocycles. The van der Waals surface area contributed by atoms with E-state index in [0.717, 1.165) is 5.92 Å². The Morgan fingerprint density at radius 1 is 1.41 bits per heavy atom. The Bertz CT molecular complexity index is 335. The maximum Gasteiger partial charge on any atom is 0.0951 e. The Balaban J connectivity index is 1.98. The SMILES string of the molecule is CCCC1CCC(n2cncc2[C@H](C)N)CC1. The van der Waals surface area contributed by atoms with Crippen LogP contribution in [0.5, 0.6) is 0 Å². The molecule has 0 bridgehead atoms. The van der Waals surface area contributed by atoms with Gasteiger partial charge in [-0.15, -0.1) is 0 Å². The Morgan fingerprint density at radius 2 is 2.12 bits per heavy atom. The maximum absolute atomic E-state index is 5.98. The molecule has 3 heteroatoms. The van der Waals surface area contributed by atoms with Gasteiger partial charge in [-0.05, 0) is 38.5 Å². The van der Waals surface area contributed by atoms with Crippen molar-refractivity contribution in [1.29, 1.82) is 0 Å². The highest BCUT2D eigenvalue weighted by Gasteiger charge is 2.23. The van der Waals surface area contributed by atoms with Crippen molar-refractivity contribution in [1.82, 2.24) is 9.55 Å². The minimum Gasteiger partial charge on any atom is -0.330 e. The second-order valence-corrected chi connectivity index (χ2v) is 5.48. The lowest BCUT2D eigenvalue weighted by Gasteiger charge is -2.30. The van der Waals surface area contributed by atoms with E-state index in [4.69, 9.17) is 5.73 Å². The second-order valence-electron chi connectivity index (χ2n) is 5.48. The van der Waals surface area contributed by atoms with Crippen LogP contribution in [0.4, 0.5) is 0 Å². The summed E-state index contributed by atoms with van der Waals surface area (Å²) in [6.45, 7) is 4.33. The molecular weight excluding hydrogens is 210 g/mol. The second kappa shape index (κ2) is 5.67. The van der Waals surface area contributed by atoms with Gasteiger partial charge in [0.15, 0.2) is 0 Å². The maximum atomic E-state index is 5.98. The molecule has 0 spiro atoms. The van der Waals surface area contributed by atoms with Crippen LogP contribution in [0.1, 0.15) is 70.2 Å². The number of nitrogens with two attached hydrogens (primary N) is 1. The largest absolute Gasteiger partial charge is 0.330 e. The van der Waals surface area contributed by atoms with E-state index in [0.29, 0.717) is 6.04 Å². The molecule has 1 saturated carbocycles. The standard InChI is InChI=1S/C14H25N3/c1-3-4-12-5-7-13(8-6-12)17-10-16-9-14(17)11(2)15/h9-13H,3-8,15H2,1-2H3/t11-,12?,13?/m0/s1. The number of nitrogens with zero attached hydrogens (tertiary/aromatic N) is 2. The molecule has 17 heavy (non-hydrogen) atoms. The van der Waals surface area contributed by atoms with Gasteiger partial charge in [-0.2, -0.15) is 0 Å². The van der Waals surface area contributed by atoms with Crippen LogP contribution < -0.4 is 5.73 Å². The molecule has 1 heterocycles. The molecule has 96 valence electrons. The summed E-state index contributed by atoms with van der Waals surface area (Å²) < 4.78 is 2.31. The zero-order chi connectivity index (χ0) is 12.3. The molecule has 3 nitrogen and oxygen atoms in total. The summed E-state index contributed by atoms with van der Waals surface area (Å²) in [5, 5.41) is 0. The quantitative estimate of drug-likeness (QED) is 0.868. The van der Waals surface area contributed by atoms with Gasteiger partial charge in [-0.25, -0.2) is 4.98 Å². The summed E-state index contributed by atoms with van der Waals surface area (Å²) in [5.41, 5.74) is 7.16. The van der Waals surface area contributed by atoms with Crippen LogP contribution >= 0.6 is 0 Å². The Morgan fingerprint density at radius 3 is 2.71 bits per heavy atom. The highest BCUT2D eigenvalue weighted by atomic mass is 15.1. The third-order valence-electron chi connectivity index (χ3n) is 4.07. The van der Waals surface area contributed by atoms with Gasteiger partial charge in [-0.1, -0.05) is 19.8 Å². The fraction of sp³-hybridized carbons (Fsp3) is 0.786. The van der Waals surface area contributed by atoms with Crippen LogP contribution in [0, 0.1) is 5.92 Å². The third kappa shape index (κ3) is 2.89. The average molecular weight is 235 g/mol. The zero-order valence-electron chi connectivity index (χ0n) is 11.1. The highest BCUT2D eigenvalue weighted by molar-refractivity contribution is 5.05. The van der Waals surface area contributed by atoms with E-state index in [9.17, 15) is 0 Å². The number of rotatable bonds is 4. The van der Waals surface area contributed by atoms with Crippen molar-refractivity contribution < 1.29 is 0 Å². The lowest BCUT2D eigenvalue weighted by Crippen LogP contribution is -2.21. The van der Waals surface area contributed by atoms with Crippen LogP contribution in [-0.4, -0.2) is 9.55 Å². The molecule has 1 atom stereocenters. The summed E-state index contributed by atoms with van der Waals surface area (Å²) in [4.78, 5) is 4.26. The van der Waals surface area contributed by atoms with Gasteiger partial charge >= 0.3 is 0 Å². The molecule has 1 aromatic rings. The Labute approximate surface area is 104 Å². The molecule has 0 amide bonds. The van der Waals surface area contributed by atoms with Gasteiger partial charge in [0.1, 0.15) is 0 Å². The first-order chi connectivity index (χ1) is 8.22. The lowest BCUT2D eigenvalue weighted by atomic mass is 9.83. The molecule has 0 radical (unpaired) electrons. The van der Waals surface area contributed by atoms with Gasteiger partial charge in [0.25, 0.3) is 0 Å². The van der Waals surface area contributed by atoms with Crippen LogP contribution in [0.15, 0.2) is 12.5 Å². The lowest BCUT2D eigenvalue weighted by molar-refractivity contribution is 0.258. The fourth-order valence-corrected chi connectivity index (χ4v) is 3.09. The van der Waals surface area contributed by atoms with E-state index in [1.807, 2.05) is 19.4 Å². The minimum absolute atomic E-state index is 0.0888. The van der Waals surface area contributed by atoms with E-state index < -0.39 is 0 Å². The number of imidazole rings is 1. The summed E-state index contributed by atoms with van der Waals surface area (Å²) in [5.74, 6) is 0.957. The zero-order valence-corrected chi connectivity index (χ0v) is 11.1. The topological polar surface area (TPSA) is 43.8 Å². The molecule has 2 N–H and O–H groups in total. The number of hydrogen-bond acceptors (Lipinski definition) is 2. The van der Waals surface area contributed by atoms with Crippen LogP contribution in [0.3, 0.4) is 0 Å². The predicted octanol–water partition coefficient (Wildman–Crippen LogP) is 3.43. The van der Waals surface area contributed by atoms with Crippen molar-refractivity contribution >= 4 is 0 Å². The molecule has 1 fully saturated rings. The first kappa shape index (κ1) is 12.6. The third-order valence-corrected chi connectivity index (χ3v) is 4.07. The highest BCUT2D eigenvalue weighted by Crippen LogP contribution is 2.35. The minimum atomic E-state index is 0.0888. The van der Waals surface area contributed by atoms with Crippen LogP contribution in [0.25, 0.3) is 0 Å². The van der Waals surface area contributed by atoms with Gasteiger partial charge in [-0.3, -0.25) is 0 Å². The van der Waals surface area contributed by atoms with E-state index >= 15 is 0 Å². The summed E-state index contributed by atoms with van der Waals surface area (Å²) >= 11 is 0. The van der Waals surface area contributed by atoms with Gasteiger partial charge < -0.3 is 10.3 Å². The van der Waals surface area contributed by atoms with Crippen molar-refractivity contribution in [2.24, 2.45) is 11.7 Å². The van der Waals surface area contributed by atoms with Crippen molar-refractivity contribution in [3.05, 3.63) is 18.2 Å². The van der Waals surface area contributed by atoms with E-state index in [1.54, 1.807) is 0 Å². The monoisotopic (exact) mass is 235 g/mol. The van der Waals surface area contributed by atoms with Gasteiger partial charge in [0.2, 0.25) is 0 Å². The van der Waals surface area contributed by atoms with E-state index in [-0.39, 0.29) is 6.04 Å². The van der Waals surface area contributed by atoms with Gasteiger partial charge in [0.05, 0.1) is 12.0 Å². The van der Waals surface area contributed by atoms with Gasteiger partial charge in [0, 0.05) is 18.3 Å². The van der Waals surface area contributed by atoms with E-state index in [1.165, 1.54) is 44.2 Å². The summed E-state index contributed by atoms with van der Waals surface area (Å²) in [7, 11) is 0. The smallest absolute Gasteiger partial charge is 0.0951 e. The molecule has 1 aromatic heterocycles.